The number of halogens is 1. The number of allylic oxidation sites excluding steroid dienone is 1. The van der Waals surface area contributed by atoms with Gasteiger partial charge in [-0.1, -0.05) is 12.1 Å². The first-order valence-corrected chi connectivity index (χ1v) is 7.75. The highest BCUT2D eigenvalue weighted by Crippen LogP contribution is 2.23. The molecule has 4 rings (SSSR count). The number of aromatic amines is 1. The molecule has 3 aromatic rings. The first kappa shape index (κ1) is 15.1. The van der Waals surface area contributed by atoms with E-state index in [1.807, 2.05) is 12.1 Å². The fraction of sp³-hybridized carbons (Fsp3) is 0.0526. The second kappa shape index (κ2) is 6.24. The maximum absolute atomic E-state index is 13.2. The van der Waals surface area contributed by atoms with Crippen molar-refractivity contribution in [3.8, 4) is 0 Å². The van der Waals surface area contributed by atoms with Gasteiger partial charge in [0.25, 0.3) is 0 Å². The van der Waals surface area contributed by atoms with Crippen molar-refractivity contribution in [2.45, 2.75) is 6.54 Å². The minimum absolute atomic E-state index is 0.222. The zero-order valence-corrected chi connectivity index (χ0v) is 13.1. The van der Waals surface area contributed by atoms with Crippen molar-refractivity contribution in [1.82, 2.24) is 15.3 Å². The van der Waals surface area contributed by atoms with Crippen LogP contribution in [0.25, 0.3) is 17.1 Å². The standard InChI is InChI=1S/C19H14FN3O2/c20-14-4-1-3-12(7-14)10-22-18-9-16(24)17(25-18)8-13-11-23-19-15(13)5-2-6-21-19/h1-9,11,22H,10H2,(H,21,23)/b17-8-. The number of hydrogen-bond acceptors (Lipinski definition) is 4. The predicted octanol–water partition coefficient (Wildman–Crippen LogP) is 3.27. The SMILES string of the molecule is O=C1C=C(NCc2cccc(F)c2)O/C1=C\c1c[nH]c2ncccc12. The summed E-state index contributed by atoms with van der Waals surface area (Å²) in [6.45, 7) is 0.362. The molecule has 0 unspecified atom stereocenters. The van der Waals surface area contributed by atoms with Crippen molar-refractivity contribution in [2.75, 3.05) is 0 Å². The van der Waals surface area contributed by atoms with Gasteiger partial charge in [-0.15, -0.1) is 0 Å². The van der Waals surface area contributed by atoms with Gasteiger partial charge in [0.05, 0.1) is 0 Å². The number of carbonyl (C=O) groups excluding carboxylic acids is 1. The summed E-state index contributed by atoms with van der Waals surface area (Å²) in [7, 11) is 0. The Bertz CT molecular complexity index is 1020. The van der Waals surface area contributed by atoms with Gasteiger partial charge in [-0.25, -0.2) is 9.37 Å². The van der Waals surface area contributed by atoms with Gasteiger partial charge in [-0.3, -0.25) is 4.79 Å². The van der Waals surface area contributed by atoms with E-state index in [0.29, 0.717) is 12.4 Å². The molecular weight excluding hydrogens is 321 g/mol. The highest BCUT2D eigenvalue weighted by Gasteiger charge is 2.21. The normalized spacial score (nSPS) is 15.5. The Morgan fingerprint density at radius 1 is 1.28 bits per heavy atom. The number of pyridine rings is 1. The Labute approximate surface area is 142 Å². The number of hydrogen-bond donors (Lipinski definition) is 2. The maximum atomic E-state index is 13.2. The second-order valence-corrected chi connectivity index (χ2v) is 5.61. The molecule has 0 spiro atoms. The Balaban J connectivity index is 1.48. The van der Waals surface area contributed by atoms with Crippen molar-refractivity contribution in [3.63, 3.8) is 0 Å². The number of carbonyl (C=O) groups is 1. The Hall–Kier alpha value is -3.41. The number of ether oxygens (including phenoxy) is 1. The van der Waals surface area contributed by atoms with Crippen molar-refractivity contribution in [1.29, 1.82) is 0 Å². The molecule has 124 valence electrons. The number of fused-ring (bicyclic) bond motifs is 1. The molecule has 6 heteroatoms. The number of nitrogens with zero attached hydrogens (tertiary/aromatic N) is 1. The second-order valence-electron chi connectivity index (χ2n) is 5.61. The van der Waals surface area contributed by atoms with Crippen LogP contribution in [-0.2, 0) is 16.1 Å². The minimum atomic E-state index is -0.301. The molecule has 1 aromatic carbocycles. The third-order valence-corrected chi connectivity index (χ3v) is 3.85. The van der Waals surface area contributed by atoms with Crippen LogP contribution < -0.4 is 5.32 Å². The lowest BCUT2D eigenvalue weighted by Gasteiger charge is -2.07. The molecule has 1 aliphatic heterocycles. The van der Waals surface area contributed by atoms with E-state index in [1.54, 1.807) is 30.6 Å². The molecule has 0 radical (unpaired) electrons. The quantitative estimate of drug-likeness (QED) is 0.718. The van der Waals surface area contributed by atoms with Gasteiger partial charge in [-0.2, -0.15) is 0 Å². The molecule has 3 heterocycles. The van der Waals surface area contributed by atoms with Crippen molar-refractivity contribution in [2.24, 2.45) is 0 Å². The van der Waals surface area contributed by atoms with E-state index in [0.717, 1.165) is 22.2 Å². The molecule has 2 aromatic heterocycles. The molecule has 5 nitrogen and oxygen atoms in total. The summed E-state index contributed by atoms with van der Waals surface area (Å²) in [6.07, 6.45) is 6.54. The van der Waals surface area contributed by atoms with Crippen LogP contribution in [0, 0.1) is 5.82 Å². The molecule has 0 bridgehead atoms. The third-order valence-electron chi connectivity index (χ3n) is 3.85. The number of ketones is 1. The fourth-order valence-electron chi connectivity index (χ4n) is 2.65. The number of aromatic nitrogens is 2. The van der Waals surface area contributed by atoms with E-state index < -0.39 is 0 Å². The van der Waals surface area contributed by atoms with Gasteiger partial charge >= 0.3 is 0 Å². The Morgan fingerprint density at radius 2 is 2.20 bits per heavy atom. The fourth-order valence-corrected chi connectivity index (χ4v) is 2.65. The van der Waals surface area contributed by atoms with Crippen LogP contribution in [-0.4, -0.2) is 15.8 Å². The van der Waals surface area contributed by atoms with Gasteiger partial charge < -0.3 is 15.0 Å². The predicted molar refractivity (Wildman–Crippen MR) is 91.5 cm³/mol. The number of benzene rings is 1. The average Bonchev–Trinajstić information content (AvgIpc) is 3.18. The van der Waals surface area contributed by atoms with Gasteiger partial charge in [0.1, 0.15) is 11.5 Å². The summed E-state index contributed by atoms with van der Waals surface area (Å²) in [6, 6.07) is 10.00. The topological polar surface area (TPSA) is 67.0 Å². The Kier molecular flexibility index (Phi) is 3.78. The first-order valence-electron chi connectivity index (χ1n) is 7.75. The lowest BCUT2D eigenvalue weighted by atomic mass is 10.2. The van der Waals surface area contributed by atoms with Gasteiger partial charge in [0.15, 0.2) is 11.6 Å². The summed E-state index contributed by atoms with van der Waals surface area (Å²) < 4.78 is 18.8. The monoisotopic (exact) mass is 335 g/mol. The van der Waals surface area contributed by atoms with E-state index in [-0.39, 0.29) is 17.4 Å². The average molecular weight is 335 g/mol. The lowest BCUT2D eigenvalue weighted by molar-refractivity contribution is -0.112. The van der Waals surface area contributed by atoms with Crippen LogP contribution in [0.15, 0.2) is 66.5 Å². The largest absolute Gasteiger partial charge is 0.437 e. The summed E-state index contributed by atoms with van der Waals surface area (Å²) >= 11 is 0. The third kappa shape index (κ3) is 3.14. The molecular formula is C19H14FN3O2. The molecule has 0 saturated carbocycles. The summed E-state index contributed by atoms with van der Waals surface area (Å²) in [5.41, 5.74) is 2.33. The number of nitrogens with one attached hydrogen (secondary N) is 2. The Morgan fingerprint density at radius 3 is 3.08 bits per heavy atom. The smallest absolute Gasteiger partial charge is 0.226 e. The molecule has 0 aliphatic carbocycles. The van der Waals surface area contributed by atoms with Gasteiger partial charge in [0, 0.05) is 36.0 Å². The van der Waals surface area contributed by atoms with E-state index >= 15 is 0 Å². The summed E-state index contributed by atoms with van der Waals surface area (Å²) in [4.78, 5) is 19.4. The van der Waals surface area contributed by atoms with Crippen LogP contribution in [0.4, 0.5) is 4.39 Å². The van der Waals surface area contributed by atoms with E-state index in [2.05, 4.69) is 15.3 Å². The van der Waals surface area contributed by atoms with Crippen LogP contribution in [0.3, 0.4) is 0 Å². The number of H-pyrrole nitrogens is 1. The number of rotatable bonds is 4. The highest BCUT2D eigenvalue weighted by molar-refractivity contribution is 6.08. The molecule has 0 atom stereocenters. The molecule has 0 fully saturated rings. The summed E-state index contributed by atoms with van der Waals surface area (Å²) in [5, 5.41) is 3.90. The van der Waals surface area contributed by atoms with E-state index in [4.69, 9.17) is 4.74 Å². The van der Waals surface area contributed by atoms with Gasteiger partial charge in [-0.05, 0) is 35.9 Å². The molecule has 2 N–H and O–H groups in total. The van der Waals surface area contributed by atoms with Crippen LogP contribution in [0.2, 0.25) is 0 Å². The molecule has 0 amide bonds. The first-order chi connectivity index (χ1) is 12.2. The van der Waals surface area contributed by atoms with Crippen molar-refractivity contribution >= 4 is 22.9 Å². The zero-order chi connectivity index (χ0) is 17.2. The van der Waals surface area contributed by atoms with Crippen LogP contribution in [0.5, 0.6) is 0 Å². The van der Waals surface area contributed by atoms with Crippen molar-refractivity contribution < 1.29 is 13.9 Å². The van der Waals surface area contributed by atoms with Crippen LogP contribution in [0.1, 0.15) is 11.1 Å². The van der Waals surface area contributed by atoms with E-state index in [1.165, 1.54) is 18.2 Å². The maximum Gasteiger partial charge on any atom is 0.226 e. The molecule has 0 saturated heterocycles. The minimum Gasteiger partial charge on any atom is -0.437 e. The van der Waals surface area contributed by atoms with Crippen LogP contribution >= 0.6 is 0 Å². The zero-order valence-electron chi connectivity index (χ0n) is 13.1. The molecule has 1 aliphatic rings. The lowest BCUT2D eigenvalue weighted by Crippen LogP contribution is -2.12. The summed E-state index contributed by atoms with van der Waals surface area (Å²) in [5.74, 6) is 0.0511. The van der Waals surface area contributed by atoms with Gasteiger partial charge in [0.2, 0.25) is 5.78 Å². The van der Waals surface area contributed by atoms with Crippen molar-refractivity contribution in [3.05, 3.63) is 83.5 Å². The highest BCUT2D eigenvalue weighted by atomic mass is 19.1. The van der Waals surface area contributed by atoms with E-state index in [9.17, 15) is 9.18 Å². The molecule has 25 heavy (non-hydrogen) atoms.